The van der Waals surface area contributed by atoms with Gasteiger partial charge >= 0.3 is 5.97 Å². The minimum Gasteiger partial charge on any atom is -0.479 e. The van der Waals surface area contributed by atoms with Gasteiger partial charge in [0.25, 0.3) is 11.1 Å². The molecule has 1 fully saturated rings. The molecule has 0 atom stereocenters. The highest BCUT2D eigenvalue weighted by molar-refractivity contribution is 8.18. The number of nitrogens with zero attached hydrogens (tertiary/aromatic N) is 2. The molecule has 10 heteroatoms. The van der Waals surface area contributed by atoms with E-state index in [2.05, 4.69) is 4.74 Å². The monoisotopic (exact) mass is 476 g/mol. The average Bonchev–Trinajstić information content (AvgIpc) is 3.00. The van der Waals surface area contributed by atoms with Crippen LogP contribution in [0.4, 0.5) is 4.79 Å². The van der Waals surface area contributed by atoms with Crippen LogP contribution >= 0.6 is 35.0 Å². The molecule has 2 amide bonds. The maximum atomic E-state index is 12.8. The van der Waals surface area contributed by atoms with E-state index in [4.69, 9.17) is 27.9 Å². The van der Waals surface area contributed by atoms with Gasteiger partial charge in [-0.05, 0) is 47.2 Å². The van der Waals surface area contributed by atoms with Crippen LogP contribution in [0.25, 0.3) is 6.08 Å². The lowest BCUT2D eigenvalue weighted by atomic mass is 10.1. The molecule has 2 aromatic rings. The molecular weight excluding hydrogens is 463 g/mol. The lowest BCUT2D eigenvalue weighted by Crippen LogP contribution is -2.27. The van der Waals surface area contributed by atoms with Crippen molar-refractivity contribution >= 4 is 58.2 Å². The van der Waals surface area contributed by atoms with Gasteiger partial charge in [-0.15, -0.1) is 0 Å². The summed E-state index contributed by atoms with van der Waals surface area (Å²) < 4.78 is 9.77. The first-order valence-corrected chi connectivity index (χ1v) is 10.3. The zero-order valence-electron chi connectivity index (χ0n) is 16.1. The molecule has 1 saturated heterocycles. The van der Waals surface area contributed by atoms with Crippen LogP contribution in [0.2, 0.25) is 10.0 Å². The predicted molar refractivity (Wildman–Crippen MR) is 117 cm³/mol. The Morgan fingerprint density at radius 3 is 2.55 bits per heavy atom. The first-order chi connectivity index (χ1) is 14.8. The maximum Gasteiger partial charge on any atom is 0.343 e. The molecule has 0 aromatic heterocycles. The Hall–Kier alpha value is -2.99. The van der Waals surface area contributed by atoms with Crippen molar-refractivity contribution in [3.63, 3.8) is 0 Å². The summed E-state index contributed by atoms with van der Waals surface area (Å²) in [7, 11) is 1.23. The Balaban J connectivity index is 1.81. The summed E-state index contributed by atoms with van der Waals surface area (Å²) in [6.45, 7) is -0.369. The standard InChI is InChI=1S/C21H14Cl2N2O5S/c1-29-18(26)11-30-19-15(22)6-12(7-16(19)23)8-17-20(27)25(21(28)31-17)10-14-5-3-2-4-13(14)9-24/h2-8H,10-11H2,1H3/b17-8+. The first kappa shape index (κ1) is 22.7. The number of carbonyl (C=O) groups is 3. The summed E-state index contributed by atoms with van der Waals surface area (Å²) >= 11 is 13.2. The van der Waals surface area contributed by atoms with Gasteiger partial charge in [-0.2, -0.15) is 5.26 Å². The third kappa shape index (κ3) is 5.20. The lowest BCUT2D eigenvalue weighted by molar-refractivity contribution is -0.142. The van der Waals surface area contributed by atoms with Crippen LogP contribution in [0.5, 0.6) is 5.75 Å². The minimum atomic E-state index is -0.595. The fraction of sp³-hybridized carbons (Fsp3) is 0.143. The van der Waals surface area contributed by atoms with Crippen LogP contribution in [0, 0.1) is 11.3 Å². The van der Waals surface area contributed by atoms with E-state index in [1.54, 1.807) is 24.3 Å². The molecule has 31 heavy (non-hydrogen) atoms. The molecular formula is C21H14Cl2N2O5S. The summed E-state index contributed by atoms with van der Waals surface area (Å²) in [6, 6.07) is 11.8. The summed E-state index contributed by atoms with van der Waals surface area (Å²) in [6.07, 6.45) is 1.49. The van der Waals surface area contributed by atoms with Crippen LogP contribution in [0.1, 0.15) is 16.7 Å². The number of esters is 1. The van der Waals surface area contributed by atoms with Gasteiger partial charge in [0, 0.05) is 0 Å². The van der Waals surface area contributed by atoms with Crippen LogP contribution in [-0.4, -0.2) is 35.7 Å². The Kier molecular flexibility index (Phi) is 7.23. The quantitative estimate of drug-likeness (QED) is 0.441. The average molecular weight is 477 g/mol. The summed E-state index contributed by atoms with van der Waals surface area (Å²) in [4.78, 5) is 37.6. The van der Waals surface area contributed by atoms with Crippen molar-refractivity contribution in [1.29, 1.82) is 5.26 Å². The van der Waals surface area contributed by atoms with Crippen molar-refractivity contribution in [3.8, 4) is 11.8 Å². The zero-order valence-corrected chi connectivity index (χ0v) is 18.4. The second kappa shape index (κ2) is 9.88. The molecule has 0 aliphatic carbocycles. The smallest absolute Gasteiger partial charge is 0.343 e. The van der Waals surface area contributed by atoms with Gasteiger partial charge in [-0.25, -0.2) is 4.79 Å². The van der Waals surface area contributed by atoms with Crippen molar-refractivity contribution < 1.29 is 23.9 Å². The normalized spacial score (nSPS) is 14.6. The Labute approximate surface area is 192 Å². The van der Waals surface area contributed by atoms with E-state index < -0.39 is 17.1 Å². The van der Waals surface area contributed by atoms with E-state index in [1.807, 2.05) is 6.07 Å². The fourth-order valence-corrected chi connectivity index (χ4v) is 4.17. The predicted octanol–water partition coefficient (Wildman–Crippen LogP) is 4.65. The van der Waals surface area contributed by atoms with E-state index in [9.17, 15) is 19.6 Å². The molecule has 1 aliphatic heterocycles. The number of nitriles is 1. The van der Waals surface area contributed by atoms with Crippen molar-refractivity contribution in [1.82, 2.24) is 4.90 Å². The number of benzene rings is 2. The lowest BCUT2D eigenvalue weighted by Gasteiger charge is -2.13. The molecule has 0 spiro atoms. The van der Waals surface area contributed by atoms with Gasteiger partial charge in [0.05, 0.1) is 40.2 Å². The van der Waals surface area contributed by atoms with Crippen molar-refractivity contribution in [3.05, 3.63) is 68.0 Å². The van der Waals surface area contributed by atoms with E-state index in [0.717, 1.165) is 16.7 Å². The summed E-state index contributed by atoms with van der Waals surface area (Å²) in [5.74, 6) is -0.976. The van der Waals surface area contributed by atoms with Gasteiger partial charge in [0.2, 0.25) is 0 Å². The Morgan fingerprint density at radius 1 is 1.23 bits per heavy atom. The highest BCUT2D eigenvalue weighted by Crippen LogP contribution is 2.38. The van der Waals surface area contributed by atoms with Crippen molar-refractivity contribution in [2.75, 3.05) is 13.7 Å². The first-order valence-electron chi connectivity index (χ1n) is 8.76. The Bertz CT molecular complexity index is 1120. The number of halogens is 2. The molecule has 158 valence electrons. The third-order valence-electron chi connectivity index (χ3n) is 4.22. The topological polar surface area (TPSA) is 96.7 Å². The van der Waals surface area contributed by atoms with Crippen molar-refractivity contribution in [2.24, 2.45) is 0 Å². The third-order valence-corrected chi connectivity index (χ3v) is 5.69. The second-order valence-corrected chi connectivity index (χ2v) is 8.02. The summed E-state index contributed by atoms with van der Waals surface area (Å²) in [5, 5.41) is 9.03. The van der Waals surface area contributed by atoms with Gasteiger partial charge < -0.3 is 9.47 Å². The second-order valence-electron chi connectivity index (χ2n) is 6.22. The molecule has 1 aliphatic rings. The SMILES string of the molecule is COC(=O)COc1c(Cl)cc(/C=C2/SC(=O)N(Cc3ccccc3C#N)C2=O)cc1Cl. The van der Waals surface area contributed by atoms with Crippen LogP contribution in [0.15, 0.2) is 41.3 Å². The highest BCUT2D eigenvalue weighted by Gasteiger charge is 2.35. The molecule has 2 aromatic carbocycles. The number of thioether (sulfide) groups is 1. The number of imide groups is 1. The zero-order chi connectivity index (χ0) is 22.5. The number of hydrogen-bond donors (Lipinski definition) is 0. The van der Waals surface area contributed by atoms with Gasteiger partial charge in [-0.3, -0.25) is 14.5 Å². The van der Waals surface area contributed by atoms with Crippen LogP contribution in [-0.2, 0) is 20.9 Å². The molecule has 1 heterocycles. The number of hydrogen-bond acceptors (Lipinski definition) is 7. The molecule has 0 saturated carbocycles. The van der Waals surface area contributed by atoms with Crippen LogP contribution in [0.3, 0.4) is 0 Å². The number of carbonyl (C=O) groups excluding carboxylic acids is 3. The van der Waals surface area contributed by atoms with Crippen LogP contribution < -0.4 is 4.74 Å². The van der Waals surface area contributed by atoms with Gasteiger partial charge in [0.1, 0.15) is 0 Å². The van der Waals surface area contributed by atoms with E-state index in [1.165, 1.54) is 25.3 Å². The number of methoxy groups -OCH3 is 1. The molecule has 0 radical (unpaired) electrons. The summed E-state index contributed by atoms with van der Waals surface area (Å²) in [5.41, 5.74) is 1.45. The maximum absolute atomic E-state index is 12.8. The number of amides is 2. The molecule has 0 unspecified atom stereocenters. The molecule has 0 bridgehead atoms. The van der Waals surface area contributed by atoms with E-state index in [-0.39, 0.29) is 33.9 Å². The Morgan fingerprint density at radius 2 is 1.90 bits per heavy atom. The number of rotatable bonds is 6. The van der Waals surface area contributed by atoms with Gasteiger partial charge in [-0.1, -0.05) is 41.4 Å². The largest absolute Gasteiger partial charge is 0.479 e. The minimum absolute atomic E-state index is 0.00639. The molecule has 3 rings (SSSR count). The van der Waals surface area contributed by atoms with E-state index >= 15 is 0 Å². The number of ether oxygens (including phenoxy) is 2. The van der Waals surface area contributed by atoms with E-state index in [0.29, 0.717) is 16.7 Å². The van der Waals surface area contributed by atoms with Crippen molar-refractivity contribution in [2.45, 2.75) is 6.54 Å². The molecule has 0 N–H and O–H groups in total. The van der Waals surface area contributed by atoms with Gasteiger partial charge in [0.15, 0.2) is 12.4 Å². The highest BCUT2D eigenvalue weighted by atomic mass is 35.5. The fourth-order valence-electron chi connectivity index (χ4n) is 2.72. The molecule has 7 nitrogen and oxygen atoms in total.